The number of benzene rings is 3. The van der Waals surface area contributed by atoms with E-state index in [4.69, 9.17) is 16.3 Å². The average molecular weight is 504 g/mol. The van der Waals surface area contributed by atoms with E-state index in [1.165, 1.54) is 11.8 Å². The fourth-order valence-electron chi connectivity index (χ4n) is 3.76. The molecule has 9 heteroatoms. The maximum Gasteiger partial charge on any atom is 0.234 e. The lowest BCUT2D eigenvalue weighted by molar-refractivity contribution is -0.113. The van der Waals surface area contributed by atoms with Crippen LogP contribution in [0.25, 0.3) is 28.0 Å². The Bertz CT molecular complexity index is 1510. The second kappa shape index (κ2) is 9.85. The molecule has 2 N–H and O–H groups in total. The first-order valence-electron chi connectivity index (χ1n) is 10.9. The van der Waals surface area contributed by atoms with Gasteiger partial charge in [-0.15, -0.1) is 10.2 Å². The van der Waals surface area contributed by atoms with Gasteiger partial charge in [-0.05, 0) is 55.0 Å². The molecule has 0 aliphatic heterocycles. The van der Waals surface area contributed by atoms with Crippen molar-refractivity contribution in [3.8, 4) is 22.8 Å². The van der Waals surface area contributed by atoms with Crippen molar-refractivity contribution in [3.63, 3.8) is 0 Å². The number of thioether (sulfide) groups is 1. The Morgan fingerprint density at radius 3 is 2.69 bits per heavy atom. The second-order valence-corrected chi connectivity index (χ2v) is 9.24. The Balaban J connectivity index is 1.46. The van der Waals surface area contributed by atoms with Crippen molar-refractivity contribution < 1.29 is 9.53 Å². The first kappa shape index (κ1) is 23.0. The number of para-hydroxylation sites is 1. The summed E-state index contributed by atoms with van der Waals surface area (Å²) in [4.78, 5) is 16.0. The molecule has 0 unspecified atom stereocenters. The van der Waals surface area contributed by atoms with Gasteiger partial charge in [0.25, 0.3) is 0 Å². The molecule has 0 spiro atoms. The number of aromatic nitrogens is 4. The molecule has 0 aliphatic carbocycles. The molecule has 0 aliphatic rings. The topological polar surface area (TPSA) is 84.8 Å². The highest BCUT2D eigenvalue weighted by molar-refractivity contribution is 7.99. The van der Waals surface area contributed by atoms with Crippen molar-refractivity contribution in [2.24, 2.45) is 0 Å². The third kappa shape index (κ3) is 4.76. The summed E-state index contributed by atoms with van der Waals surface area (Å²) < 4.78 is 7.27. The molecule has 176 valence electrons. The van der Waals surface area contributed by atoms with Gasteiger partial charge >= 0.3 is 0 Å². The largest absolute Gasteiger partial charge is 0.497 e. The van der Waals surface area contributed by atoms with Crippen molar-refractivity contribution in [3.05, 3.63) is 83.5 Å². The molecule has 1 amide bonds. The van der Waals surface area contributed by atoms with Crippen LogP contribution in [0, 0.1) is 6.92 Å². The van der Waals surface area contributed by atoms with Crippen LogP contribution in [0.4, 0.5) is 5.69 Å². The lowest BCUT2D eigenvalue weighted by Crippen LogP contribution is -2.14. The summed E-state index contributed by atoms with van der Waals surface area (Å²) in [5.74, 6) is 1.43. The number of fused-ring (bicyclic) bond motifs is 1. The van der Waals surface area contributed by atoms with Crippen LogP contribution in [-0.2, 0) is 4.79 Å². The quantitative estimate of drug-likeness (QED) is 0.261. The molecular weight excluding hydrogens is 482 g/mol. The molecule has 0 atom stereocenters. The molecular formula is C26H22ClN5O2S. The van der Waals surface area contributed by atoms with Crippen LogP contribution < -0.4 is 10.1 Å². The molecule has 35 heavy (non-hydrogen) atoms. The van der Waals surface area contributed by atoms with Crippen LogP contribution in [0.2, 0.25) is 5.02 Å². The molecule has 2 aromatic heterocycles. The van der Waals surface area contributed by atoms with E-state index < -0.39 is 0 Å². The van der Waals surface area contributed by atoms with Crippen molar-refractivity contribution in [1.29, 1.82) is 0 Å². The average Bonchev–Trinajstić information content (AvgIpc) is 3.49. The Morgan fingerprint density at radius 2 is 1.91 bits per heavy atom. The summed E-state index contributed by atoms with van der Waals surface area (Å²) in [6.07, 6.45) is 1.93. The Labute approximate surface area is 211 Å². The lowest BCUT2D eigenvalue weighted by Gasteiger charge is -2.11. The summed E-state index contributed by atoms with van der Waals surface area (Å²) in [7, 11) is 1.63. The molecule has 0 saturated heterocycles. The van der Waals surface area contributed by atoms with E-state index in [1.807, 2.05) is 78.4 Å². The molecule has 5 aromatic rings. The standard InChI is InChI=1S/C26H22ClN5O2S/c1-16-7-8-17(13-22(16)27)29-24(33)15-35-26-31-30-25(21-14-28-23-6-4-3-5-20(21)23)32(26)18-9-11-19(34-2)12-10-18/h3-14,28H,15H2,1-2H3,(H,29,33). The maximum absolute atomic E-state index is 12.7. The van der Waals surface area contributed by atoms with Gasteiger partial charge in [0.2, 0.25) is 5.91 Å². The number of nitrogens with zero attached hydrogens (tertiary/aromatic N) is 3. The number of carbonyl (C=O) groups excluding carboxylic acids is 1. The first-order chi connectivity index (χ1) is 17.0. The predicted molar refractivity (Wildman–Crippen MR) is 141 cm³/mol. The fraction of sp³-hybridized carbons (Fsp3) is 0.115. The number of rotatable bonds is 7. The number of halogens is 1. The van der Waals surface area contributed by atoms with E-state index in [2.05, 4.69) is 20.5 Å². The van der Waals surface area contributed by atoms with Gasteiger partial charge in [-0.2, -0.15) is 0 Å². The van der Waals surface area contributed by atoms with Crippen LogP contribution in [-0.4, -0.2) is 38.5 Å². The zero-order chi connectivity index (χ0) is 24.4. The van der Waals surface area contributed by atoms with Crippen LogP contribution >= 0.6 is 23.4 Å². The molecule has 0 bridgehead atoms. The minimum atomic E-state index is -0.159. The number of aromatic amines is 1. The van der Waals surface area contributed by atoms with E-state index in [-0.39, 0.29) is 11.7 Å². The minimum absolute atomic E-state index is 0.159. The molecule has 0 radical (unpaired) electrons. The van der Waals surface area contributed by atoms with Crippen molar-refractivity contribution in [2.75, 3.05) is 18.2 Å². The Kier molecular flexibility index (Phi) is 6.48. The number of ether oxygens (including phenoxy) is 1. The molecule has 0 saturated carbocycles. The minimum Gasteiger partial charge on any atom is -0.497 e. The van der Waals surface area contributed by atoms with Gasteiger partial charge in [0, 0.05) is 39.1 Å². The fourth-order valence-corrected chi connectivity index (χ4v) is 4.69. The monoisotopic (exact) mass is 503 g/mol. The lowest BCUT2D eigenvalue weighted by atomic mass is 10.1. The number of amides is 1. The predicted octanol–water partition coefficient (Wildman–Crippen LogP) is 6.12. The highest BCUT2D eigenvalue weighted by Gasteiger charge is 2.20. The van der Waals surface area contributed by atoms with E-state index >= 15 is 0 Å². The third-order valence-electron chi connectivity index (χ3n) is 5.58. The molecule has 5 rings (SSSR count). The number of anilines is 1. The van der Waals surface area contributed by atoms with E-state index in [1.54, 1.807) is 13.2 Å². The van der Waals surface area contributed by atoms with Gasteiger partial charge in [-0.3, -0.25) is 9.36 Å². The van der Waals surface area contributed by atoms with Gasteiger partial charge in [0.1, 0.15) is 5.75 Å². The zero-order valence-corrected chi connectivity index (χ0v) is 20.7. The SMILES string of the molecule is COc1ccc(-n2c(SCC(=O)Nc3ccc(C)c(Cl)c3)nnc2-c2c[nH]c3ccccc23)cc1. The number of hydrogen-bond donors (Lipinski definition) is 2. The number of methoxy groups -OCH3 is 1. The molecule has 2 heterocycles. The van der Waals surface area contributed by atoms with Crippen LogP contribution in [0.3, 0.4) is 0 Å². The summed E-state index contributed by atoms with van der Waals surface area (Å²) in [5, 5.41) is 14.1. The normalized spacial score (nSPS) is 11.1. The van der Waals surface area contributed by atoms with E-state index in [0.717, 1.165) is 33.5 Å². The zero-order valence-electron chi connectivity index (χ0n) is 19.1. The summed E-state index contributed by atoms with van der Waals surface area (Å²) in [6.45, 7) is 1.92. The van der Waals surface area contributed by atoms with Gasteiger partial charge in [0.05, 0.1) is 12.9 Å². The summed E-state index contributed by atoms with van der Waals surface area (Å²) in [6, 6.07) is 21.1. The molecule has 3 aromatic carbocycles. The molecule has 0 fully saturated rings. The highest BCUT2D eigenvalue weighted by atomic mass is 35.5. The van der Waals surface area contributed by atoms with Crippen LogP contribution in [0.1, 0.15) is 5.56 Å². The number of carbonyl (C=O) groups is 1. The summed E-state index contributed by atoms with van der Waals surface area (Å²) >= 11 is 7.50. The third-order valence-corrected chi connectivity index (χ3v) is 6.92. The van der Waals surface area contributed by atoms with Crippen molar-refractivity contribution in [2.45, 2.75) is 12.1 Å². The first-order valence-corrected chi connectivity index (χ1v) is 12.2. The Morgan fingerprint density at radius 1 is 1.11 bits per heavy atom. The number of H-pyrrole nitrogens is 1. The van der Waals surface area contributed by atoms with Crippen LogP contribution in [0.15, 0.2) is 78.1 Å². The Hall–Kier alpha value is -3.75. The number of aryl methyl sites for hydroxylation is 1. The van der Waals surface area contributed by atoms with Gasteiger partial charge < -0.3 is 15.0 Å². The van der Waals surface area contributed by atoms with Gasteiger partial charge in [-0.25, -0.2) is 0 Å². The summed E-state index contributed by atoms with van der Waals surface area (Å²) in [5.41, 5.74) is 4.41. The van der Waals surface area contributed by atoms with Gasteiger partial charge in [0.15, 0.2) is 11.0 Å². The van der Waals surface area contributed by atoms with Crippen molar-refractivity contribution in [1.82, 2.24) is 19.7 Å². The van der Waals surface area contributed by atoms with E-state index in [9.17, 15) is 4.79 Å². The second-order valence-electron chi connectivity index (χ2n) is 7.89. The van der Waals surface area contributed by atoms with Crippen LogP contribution in [0.5, 0.6) is 5.75 Å². The smallest absolute Gasteiger partial charge is 0.234 e. The molecule has 7 nitrogen and oxygen atoms in total. The van der Waals surface area contributed by atoms with Crippen molar-refractivity contribution >= 4 is 45.9 Å². The number of nitrogens with one attached hydrogen (secondary N) is 2. The van der Waals surface area contributed by atoms with Gasteiger partial charge in [-0.1, -0.05) is 47.6 Å². The van der Waals surface area contributed by atoms with E-state index in [0.29, 0.717) is 21.7 Å². The maximum atomic E-state index is 12.7. The highest BCUT2D eigenvalue weighted by Crippen LogP contribution is 2.33. The number of hydrogen-bond acceptors (Lipinski definition) is 5.